The van der Waals surface area contributed by atoms with Gasteiger partial charge in [0.05, 0.1) is 6.04 Å². The monoisotopic (exact) mass is 271 g/mol. The maximum Gasteiger partial charge on any atom is 0.128 e. The summed E-state index contributed by atoms with van der Waals surface area (Å²) < 4.78 is 13.9. The summed E-state index contributed by atoms with van der Waals surface area (Å²) in [5.74, 6) is 0.345. The summed E-state index contributed by atoms with van der Waals surface area (Å²) in [6.45, 7) is 6.41. The third-order valence-corrected chi connectivity index (χ3v) is 3.58. The van der Waals surface area contributed by atoms with Gasteiger partial charge in [0.2, 0.25) is 0 Å². The van der Waals surface area contributed by atoms with E-state index in [0.29, 0.717) is 5.92 Å². The minimum absolute atomic E-state index is 0.00128. The van der Waals surface area contributed by atoms with Crippen molar-refractivity contribution in [1.29, 1.82) is 0 Å². The van der Waals surface area contributed by atoms with E-state index in [-0.39, 0.29) is 11.9 Å². The summed E-state index contributed by atoms with van der Waals surface area (Å²) in [4.78, 5) is 0. The Morgan fingerprint density at radius 2 is 1.80 bits per heavy atom. The summed E-state index contributed by atoms with van der Waals surface area (Å²) in [5, 5.41) is 3.44. The Morgan fingerprint density at radius 3 is 2.45 bits per heavy atom. The van der Waals surface area contributed by atoms with Gasteiger partial charge < -0.3 is 5.32 Å². The van der Waals surface area contributed by atoms with Crippen LogP contribution in [0.4, 0.5) is 10.1 Å². The van der Waals surface area contributed by atoms with E-state index >= 15 is 0 Å². The fraction of sp³-hybridized carbons (Fsp3) is 0.333. The zero-order valence-corrected chi connectivity index (χ0v) is 12.4. The van der Waals surface area contributed by atoms with E-state index in [2.05, 4.69) is 38.2 Å². The molecule has 1 unspecified atom stereocenters. The number of rotatable bonds is 5. The molecule has 0 fully saturated rings. The largest absolute Gasteiger partial charge is 0.378 e. The summed E-state index contributed by atoms with van der Waals surface area (Å²) in [7, 11) is 0. The second kappa shape index (κ2) is 6.56. The molecule has 1 atom stereocenters. The van der Waals surface area contributed by atoms with Crippen molar-refractivity contribution in [2.75, 3.05) is 5.32 Å². The number of anilines is 1. The summed E-state index contributed by atoms with van der Waals surface area (Å²) in [6.07, 6.45) is 0.840. The molecule has 2 heteroatoms. The highest BCUT2D eigenvalue weighted by atomic mass is 19.1. The molecule has 20 heavy (non-hydrogen) atoms. The predicted molar refractivity (Wildman–Crippen MR) is 83.6 cm³/mol. The van der Waals surface area contributed by atoms with Gasteiger partial charge in [0, 0.05) is 11.3 Å². The second-order valence-corrected chi connectivity index (χ2v) is 5.41. The third kappa shape index (κ3) is 3.38. The molecule has 2 rings (SSSR count). The third-order valence-electron chi connectivity index (χ3n) is 3.58. The summed E-state index contributed by atoms with van der Waals surface area (Å²) in [6, 6.07) is 15.3. The molecule has 0 aliphatic heterocycles. The van der Waals surface area contributed by atoms with E-state index in [1.165, 1.54) is 11.6 Å². The number of nitrogens with one attached hydrogen (secondary N) is 1. The van der Waals surface area contributed by atoms with Gasteiger partial charge in [0.25, 0.3) is 0 Å². The molecule has 0 radical (unpaired) electrons. The molecule has 0 amide bonds. The first-order valence-electron chi connectivity index (χ1n) is 7.22. The first-order chi connectivity index (χ1) is 9.61. The Hall–Kier alpha value is -1.83. The Labute approximate surface area is 120 Å². The van der Waals surface area contributed by atoms with Crippen molar-refractivity contribution in [3.8, 4) is 0 Å². The van der Waals surface area contributed by atoms with E-state index in [1.54, 1.807) is 6.07 Å². The quantitative estimate of drug-likeness (QED) is 0.755. The van der Waals surface area contributed by atoms with Crippen LogP contribution in [0.2, 0.25) is 0 Å². The van der Waals surface area contributed by atoms with Gasteiger partial charge in [-0.05, 0) is 36.1 Å². The summed E-state index contributed by atoms with van der Waals surface area (Å²) in [5.41, 5.74) is 3.06. The fourth-order valence-corrected chi connectivity index (χ4v) is 2.35. The van der Waals surface area contributed by atoms with Crippen molar-refractivity contribution < 1.29 is 4.39 Å². The Bertz CT molecular complexity index is 563. The lowest BCUT2D eigenvalue weighted by atomic mass is 10.0. The van der Waals surface area contributed by atoms with E-state index in [1.807, 2.05) is 24.3 Å². The molecule has 0 aromatic heterocycles. The van der Waals surface area contributed by atoms with Gasteiger partial charge in [-0.3, -0.25) is 0 Å². The molecule has 0 saturated heterocycles. The second-order valence-electron chi connectivity index (χ2n) is 5.41. The lowest BCUT2D eigenvalue weighted by Crippen LogP contribution is -2.11. The van der Waals surface area contributed by atoms with Crippen LogP contribution in [-0.4, -0.2) is 0 Å². The van der Waals surface area contributed by atoms with Gasteiger partial charge in [0.1, 0.15) is 5.82 Å². The van der Waals surface area contributed by atoms with Crippen LogP contribution in [0.1, 0.15) is 50.3 Å². The molecule has 0 saturated carbocycles. The number of benzene rings is 2. The number of hydrogen-bond donors (Lipinski definition) is 1. The zero-order valence-electron chi connectivity index (χ0n) is 12.4. The standard InChI is InChI=1S/C18H22FN/c1-4-18(16-10-5-6-11-17(16)19)20-15-9-7-8-14(12-15)13(2)3/h5-13,18,20H,4H2,1-3H3. The van der Waals surface area contributed by atoms with Crippen LogP contribution in [0.5, 0.6) is 0 Å². The molecule has 2 aromatic rings. The van der Waals surface area contributed by atoms with Gasteiger partial charge in [-0.25, -0.2) is 4.39 Å². The molecule has 2 aromatic carbocycles. The van der Waals surface area contributed by atoms with Gasteiger partial charge in [-0.2, -0.15) is 0 Å². The molecule has 1 N–H and O–H groups in total. The fourth-order valence-electron chi connectivity index (χ4n) is 2.35. The summed E-state index contributed by atoms with van der Waals surface area (Å²) >= 11 is 0. The number of halogens is 1. The van der Waals surface area contributed by atoms with Crippen LogP contribution in [-0.2, 0) is 0 Å². The van der Waals surface area contributed by atoms with Crippen molar-refractivity contribution in [2.45, 2.75) is 39.2 Å². The molecular weight excluding hydrogens is 249 g/mol. The average molecular weight is 271 g/mol. The van der Waals surface area contributed by atoms with E-state index in [0.717, 1.165) is 17.7 Å². The van der Waals surface area contributed by atoms with E-state index in [9.17, 15) is 4.39 Å². The Morgan fingerprint density at radius 1 is 1.05 bits per heavy atom. The highest BCUT2D eigenvalue weighted by Crippen LogP contribution is 2.26. The maximum absolute atomic E-state index is 13.9. The molecule has 0 aliphatic rings. The first kappa shape index (κ1) is 14.6. The van der Waals surface area contributed by atoms with Gasteiger partial charge in [-0.15, -0.1) is 0 Å². The van der Waals surface area contributed by atoms with Crippen LogP contribution in [0.25, 0.3) is 0 Å². The van der Waals surface area contributed by atoms with E-state index in [4.69, 9.17) is 0 Å². The van der Waals surface area contributed by atoms with Crippen molar-refractivity contribution >= 4 is 5.69 Å². The van der Waals surface area contributed by atoms with Crippen LogP contribution < -0.4 is 5.32 Å². The van der Waals surface area contributed by atoms with Crippen LogP contribution in [0.15, 0.2) is 48.5 Å². The van der Waals surface area contributed by atoms with Crippen molar-refractivity contribution in [3.63, 3.8) is 0 Å². The number of hydrogen-bond acceptors (Lipinski definition) is 1. The molecule has 0 bridgehead atoms. The Kier molecular flexibility index (Phi) is 4.78. The average Bonchev–Trinajstić information content (AvgIpc) is 2.46. The molecule has 0 aliphatic carbocycles. The normalized spacial score (nSPS) is 12.4. The lowest BCUT2D eigenvalue weighted by Gasteiger charge is -2.20. The van der Waals surface area contributed by atoms with Gasteiger partial charge >= 0.3 is 0 Å². The van der Waals surface area contributed by atoms with Crippen LogP contribution in [0, 0.1) is 5.82 Å². The van der Waals surface area contributed by atoms with Crippen molar-refractivity contribution in [3.05, 3.63) is 65.5 Å². The smallest absolute Gasteiger partial charge is 0.128 e. The van der Waals surface area contributed by atoms with Crippen molar-refractivity contribution in [2.24, 2.45) is 0 Å². The highest BCUT2D eigenvalue weighted by Gasteiger charge is 2.13. The molecule has 1 nitrogen and oxygen atoms in total. The van der Waals surface area contributed by atoms with E-state index < -0.39 is 0 Å². The van der Waals surface area contributed by atoms with Crippen LogP contribution in [0.3, 0.4) is 0 Å². The Balaban J connectivity index is 2.23. The lowest BCUT2D eigenvalue weighted by molar-refractivity contribution is 0.587. The zero-order chi connectivity index (χ0) is 14.5. The first-order valence-corrected chi connectivity index (χ1v) is 7.22. The minimum Gasteiger partial charge on any atom is -0.378 e. The van der Waals surface area contributed by atoms with Gasteiger partial charge in [-0.1, -0.05) is 51.1 Å². The van der Waals surface area contributed by atoms with Crippen LogP contribution >= 0.6 is 0 Å². The topological polar surface area (TPSA) is 12.0 Å². The molecule has 0 heterocycles. The molecule has 0 spiro atoms. The van der Waals surface area contributed by atoms with Crippen molar-refractivity contribution in [1.82, 2.24) is 0 Å². The highest BCUT2D eigenvalue weighted by molar-refractivity contribution is 5.48. The molecular formula is C18H22FN. The SMILES string of the molecule is CCC(Nc1cccc(C(C)C)c1)c1ccccc1F. The predicted octanol–water partition coefficient (Wildman–Crippen LogP) is 5.51. The minimum atomic E-state index is -0.146. The van der Waals surface area contributed by atoms with Gasteiger partial charge in [0.15, 0.2) is 0 Å². The maximum atomic E-state index is 13.9. The molecule has 106 valence electrons.